The number of benzene rings is 2. The summed E-state index contributed by atoms with van der Waals surface area (Å²) in [6, 6.07) is 17.0. The van der Waals surface area contributed by atoms with Crippen molar-refractivity contribution in [3.05, 3.63) is 98.5 Å². The maximum absolute atomic E-state index is 12.8. The van der Waals surface area contributed by atoms with Gasteiger partial charge in [0.25, 0.3) is 11.5 Å². The van der Waals surface area contributed by atoms with Crippen LogP contribution in [-0.4, -0.2) is 16.7 Å². The summed E-state index contributed by atoms with van der Waals surface area (Å²) in [5.74, 6) is -0.542. The average molecular weight is 386 g/mol. The van der Waals surface area contributed by atoms with E-state index < -0.39 is 11.5 Å². The van der Waals surface area contributed by atoms with Gasteiger partial charge < -0.3 is 10.3 Å². The number of pyridine rings is 1. The molecule has 2 aromatic carbocycles. The zero-order valence-corrected chi connectivity index (χ0v) is 16.4. The number of amides is 1. The van der Waals surface area contributed by atoms with Gasteiger partial charge in [-0.05, 0) is 55.0 Å². The standard InChI is InChI=1S/C24H22N2O3/c1-14-8-9-15(2)20(10-14)25-23(28)19-13-18-21(26-24(19)29)11-17(12-22(18)27)16-6-4-3-5-7-16/h3-10,13,17H,11-12H2,1-2H3,(H,25,28)(H,26,29)/t17-/m1/s1. The predicted molar refractivity (Wildman–Crippen MR) is 113 cm³/mol. The van der Waals surface area contributed by atoms with E-state index in [0.717, 1.165) is 16.7 Å². The molecule has 0 saturated heterocycles. The Bertz CT molecular complexity index is 1160. The molecule has 2 N–H and O–H groups in total. The molecule has 0 saturated carbocycles. The second kappa shape index (κ2) is 7.51. The quantitative estimate of drug-likeness (QED) is 0.709. The van der Waals surface area contributed by atoms with E-state index in [4.69, 9.17) is 0 Å². The smallest absolute Gasteiger partial charge is 0.261 e. The molecule has 1 aliphatic rings. The number of aromatic amines is 1. The lowest BCUT2D eigenvalue weighted by Crippen LogP contribution is -2.29. The third-order valence-corrected chi connectivity index (χ3v) is 5.46. The van der Waals surface area contributed by atoms with Crippen LogP contribution in [0.1, 0.15) is 55.4 Å². The largest absolute Gasteiger partial charge is 0.325 e. The highest BCUT2D eigenvalue weighted by molar-refractivity contribution is 6.07. The van der Waals surface area contributed by atoms with Gasteiger partial charge in [-0.1, -0.05) is 42.5 Å². The number of carbonyl (C=O) groups is 2. The maximum Gasteiger partial charge on any atom is 0.261 e. The number of carbonyl (C=O) groups excluding carboxylic acids is 2. The van der Waals surface area contributed by atoms with Gasteiger partial charge >= 0.3 is 0 Å². The first-order valence-electron chi connectivity index (χ1n) is 9.65. The molecule has 0 fully saturated rings. The van der Waals surface area contributed by atoms with Crippen molar-refractivity contribution in [1.82, 2.24) is 4.98 Å². The van der Waals surface area contributed by atoms with Crippen molar-refractivity contribution in [2.45, 2.75) is 32.6 Å². The topological polar surface area (TPSA) is 79.0 Å². The molecule has 146 valence electrons. The van der Waals surface area contributed by atoms with E-state index in [0.29, 0.717) is 29.8 Å². The molecule has 4 rings (SSSR count). The van der Waals surface area contributed by atoms with E-state index in [2.05, 4.69) is 10.3 Å². The number of anilines is 1. The lowest BCUT2D eigenvalue weighted by atomic mass is 9.81. The third kappa shape index (κ3) is 3.76. The molecule has 1 aliphatic carbocycles. The van der Waals surface area contributed by atoms with Gasteiger partial charge in [0.2, 0.25) is 0 Å². The molecule has 0 aliphatic heterocycles. The van der Waals surface area contributed by atoms with E-state index in [-0.39, 0.29) is 17.3 Å². The molecule has 0 spiro atoms. The van der Waals surface area contributed by atoms with Crippen molar-refractivity contribution in [2.24, 2.45) is 0 Å². The van der Waals surface area contributed by atoms with Crippen molar-refractivity contribution in [3.8, 4) is 0 Å². The molecular formula is C24H22N2O3. The first kappa shape index (κ1) is 18.9. The highest BCUT2D eigenvalue weighted by atomic mass is 16.2. The van der Waals surface area contributed by atoms with Crippen LogP contribution in [0.2, 0.25) is 0 Å². The van der Waals surface area contributed by atoms with Crippen molar-refractivity contribution in [3.63, 3.8) is 0 Å². The van der Waals surface area contributed by atoms with Crippen LogP contribution < -0.4 is 10.9 Å². The summed E-state index contributed by atoms with van der Waals surface area (Å²) >= 11 is 0. The molecule has 1 aromatic heterocycles. The third-order valence-electron chi connectivity index (χ3n) is 5.46. The van der Waals surface area contributed by atoms with E-state index in [1.165, 1.54) is 6.07 Å². The normalized spacial score (nSPS) is 15.7. The van der Waals surface area contributed by atoms with Crippen LogP contribution in [0, 0.1) is 13.8 Å². The van der Waals surface area contributed by atoms with Crippen LogP contribution >= 0.6 is 0 Å². The van der Waals surface area contributed by atoms with Crippen molar-refractivity contribution in [1.29, 1.82) is 0 Å². The van der Waals surface area contributed by atoms with Crippen molar-refractivity contribution < 1.29 is 9.59 Å². The van der Waals surface area contributed by atoms with Gasteiger partial charge in [0.15, 0.2) is 5.78 Å². The van der Waals surface area contributed by atoms with E-state index in [9.17, 15) is 14.4 Å². The number of rotatable bonds is 3. The minimum atomic E-state index is -0.513. The number of Topliss-reactive ketones (excluding diaryl/α,β-unsaturated/α-hetero) is 1. The highest BCUT2D eigenvalue weighted by Crippen LogP contribution is 2.31. The monoisotopic (exact) mass is 386 g/mol. The summed E-state index contributed by atoms with van der Waals surface area (Å²) in [6.07, 6.45) is 0.931. The van der Waals surface area contributed by atoms with Gasteiger partial charge in [-0.2, -0.15) is 0 Å². The number of hydrogen-bond donors (Lipinski definition) is 2. The second-order valence-electron chi connectivity index (χ2n) is 7.62. The average Bonchev–Trinajstić information content (AvgIpc) is 2.70. The molecule has 29 heavy (non-hydrogen) atoms. The second-order valence-corrected chi connectivity index (χ2v) is 7.62. The molecule has 1 atom stereocenters. The zero-order valence-electron chi connectivity index (χ0n) is 16.4. The van der Waals surface area contributed by atoms with Gasteiger partial charge in [-0.25, -0.2) is 0 Å². The van der Waals surface area contributed by atoms with Crippen LogP contribution in [0.4, 0.5) is 5.69 Å². The lowest BCUT2D eigenvalue weighted by molar-refractivity contribution is 0.0963. The van der Waals surface area contributed by atoms with Crippen LogP contribution in [0.15, 0.2) is 59.4 Å². The van der Waals surface area contributed by atoms with Crippen molar-refractivity contribution >= 4 is 17.4 Å². The SMILES string of the molecule is Cc1ccc(C)c(NC(=O)c2cc3c([nH]c2=O)C[C@@H](c2ccccc2)CC3=O)c1. The first-order chi connectivity index (χ1) is 13.9. The Balaban J connectivity index is 1.64. The summed E-state index contributed by atoms with van der Waals surface area (Å²) in [7, 11) is 0. The lowest BCUT2D eigenvalue weighted by Gasteiger charge is -2.24. The van der Waals surface area contributed by atoms with Gasteiger partial charge in [0.1, 0.15) is 5.56 Å². The van der Waals surface area contributed by atoms with Gasteiger partial charge in [0.05, 0.1) is 0 Å². The maximum atomic E-state index is 12.8. The van der Waals surface area contributed by atoms with E-state index >= 15 is 0 Å². The molecule has 1 heterocycles. The van der Waals surface area contributed by atoms with E-state index in [1.807, 2.05) is 62.4 Å². The molecule has 1 amide bonds. The fraction of sp³-hybridized carbons (Fsp3) is 0.208. The molecule has 0 bridgehead atoms. The number of ketones is 1. The van der Waals surface area contributed by atoms with Crippen molar-refractivity contribution in [2.75, 3.05) is 5.32 Å². The number of hydrogen-bond acceptors (Lipinski definition) is 3. The minimum Gasteiger partial charge on any atom is -0.325 e. The Morgan fingerprint density at radius 3 is 2.52 bits per heavy atom. The molecule has 3 aromatic rings. The van der Waals surface area contributed by atoms with Crippen LogP contribution in [0.5, 0.6) is 0 Å². The Kier molecular flexibility index (Phi) is 4.89. The molecule has 5 heteroatoms. The van der Waals surface area contributed by atoms with Gasteiger partial charge in [-0.15, -0.1) is 0 Å². The van der Waals surface area contributed by atoms with E-state index in [1.54, 1.807) is 0 Å². The summed E-state index contributed by atoms with van der Waals surface area (Å²) in [6.45, 7) is 3.82. The Hall–Kier alpha value is -3.47. The first-order valence-corrected chi connectivity index (χ1v) is 9.65. The fourth-order valence-corrected chi connectivity index (χ4v) is 3.82. The van der Waals surface area contributed by atoms with Gasteiger partial charge in [-0.3, -0.25) is 14.4 Å². The summed E-state index contributed by atoms with van der Waals surface area (Å²) in [5.41, 5.74) is 4.15. The summed E-state index contributed by atoms with van der Waals surface area (Å²) in [4.78, 5) is 40.9. The highest BCUT2D eigenvalue weighted by Gasteiger charge is 2.28. The molecule has 5 nitrogen and oxygen atoms in total. The van der Waals surface area contributed by atoms with Crippen LogP contribution in [0.3, 0.4) is 0 Å². The predicted octanol–water partition coefficient (Wildman–Crippen LogP) is 4.16. The van der Waals surface area contributed by atoms with Crippen LogP contribution in [-0.2, 0) is 6.42 Å². The fourth-order valence-electron chi connectivity index (χ4n) is 3.82. The van der Waals surface area contributed by atoms with Crippen LogP contribution in [0.25, 0.3) is 0 Å². The summed E-state index contributed by atoms with van der Waals surface area (Å²) in [5, 5.41) is 2.79. The number of fused-ring (bicyclic) bond motifs is 1. The number of aromatic nitrogens is 1. The molecule has 0 radical (unpaired) electrons. The Morgan fingerprint density at radius 1 is 1.00 bits per heavy atom. The minimum absolute atomic E-state index is 0.0291. The number of H-pyrrole nitrogens is 1. The summed E-state index contributed by atoms with van der Waals surface area (Å²) < 4.78 is 0. The Morgan fingerprint density at radius 2 is 1.76 bits per heavy atom. The number of aryl methyl sites for hydroxylation is 2. The molecular weight excluding hydrogens is 364 g/mol. The Labute approximate surface area is 168 Å². The molecule has 0 unspecified atom stereocenters. The number of nitrogens with one attached hydrogen (secondary N) is 2. The zero-order chi connectivity index (χ0) is 20.5. The van der Waals surface area contributed by atoms with Gasteiger partial charge in [0, 0.05) is 23.4 Å².